The highest BCUT2D eigenvalue weighted by atomic mass is 16.5. The second-order valence-electron chi connectivity index (χ2n) is 6.00. The van der Waals surface area contributed by atoms with Crippen LogP contribution < -0.4 is 4.74 Å². The summed E-state index contributed by atoms with van der Waals surface area (Å²) >= 11 is 0. The molecule has 1 rings (SSSR count). The van der Waals surface area contributed by atoms with Crippen molar-refractivity contribution in [3.05, 3.63) is 29.3 Å². The number of aromatic hydroxyl groups is 1. The van der Waals surface area contributed by atoms with Gasteiger partial charge < -0.3 is 24.8 Å². The summed E-state index contributed by atoms with van der Waals surface area (Å²) in [5.41, 5.74) is 0.309. The second kappa shape index (κ2) is 9.94. The normalized spacial score (nSPS) is 14.7. The predicted molar refractivity (Wildman–Crippen MR) is 96.2 cm³/mol. The average molecular weight is 366 g/mol. The number of carbonyl (C=O) groups excluding carboxylic acids is 2. The minimum atomic E-state index is -1.48. The lowest BCUT2D eigenvalue weighted by atomic mass is 10.0. The largest absolute Gasteiger partial charge is 0.507 e. The lowest BCUT2D eigenvalue weighted by molar-refractivity contribution is -0.130. The molecule has 1 aromatic carbocycles. The van der Waals surface area contributed by atoms with Gasteiger partial charge in [-0.1, -0.05) is 19.1 Å². The van der Waals surface area contributed by atoms with E-state index in [1.54, 1.807) is 6.92 Å². The van der Waals surface area contributed by atoms with Crippen molar-refractivity contribution >= 4 is 17.8 Å². The first-order valence-corrected chi connectivity index (χ1v) is 8.36. The number of phenolic OH excluding ortho intramolecular Hbond substituents is 1. The quantitative estimate of drug-likeness (QED) is 0.573. The van der Waals surface area contributed by atoms with Crippen LogP contribution in [0.1, 0.15) is 49.5 Å². The number of esters is 1. The molecule has 0 heterocycles. The summed E-state index contributed by atoms with van der Waals surface area (Å²) in [6, 6.07) is 2.84. The number of aliphatic hydroxyl groups excluding tert-OH is 2. The van der Waals surface area contributed by atoms with E-state index >= 15 is 0 Å². The number of ether oxygens (including phenoxy) is 2. The third-order valence-electron chi connectivity index (χ3n) is 3.90. The van der Waals surface area contributed by atoms with Crippen molar-refractivity contribution < 1.29 is 34.4 Å². The van der Waals surface area contributed by atoms with E-state index in [1.807, 2.05) is 6.92 Å². The van der Waals surface area contributed by atoms with E-state index in [-0.39, 0.29) is 23.8 Å². The maximum absolute atomic E-state index is 12.4. The van der Waals surface area contributed by atoms with Gasteiger partial charge in [-0.15, -0.1) is 0 Å². The van der Waals surface area contributed by atoms with Crippen LogP contribution in [0.2, 0.25) is 0 Å². The van der Waals surface area contributed by atoms with E-state index < -0.39 is 24.0 Å². The molecule has 0 amide bonds. The number of rotatable bonds is 9. The number of phenols is 1. The second-order valence-corrected chi connectivity index (χ2v) is 6.00. The number of ketones is 1. The Morgan fingerprint density at radius 1 is 1.27 bits per heavy atom. The van der Waals surface area contributed by atoms with Crippen LogP contribution in [0.5, 0.6) is 11.5 Å². The van der Waals surface area contributed by atoms with Crippen LogP contribution in [0.25, 0.3) is 6.08 Å². The Bertz CT molecular complexity index is 666. The van der Waals surface area contributed by atoms with Gasteiger partial charge in [-0.3, -0.25) is 4.79 Å². The number of Topliss-reactive ketones (excluding diaryl/α,β-unsaturated/α-hetero) is 1. The molecule has 7 heteroatoms. The number of carbonyl (C=O) groups is 2. The molecular weight excluding hydrogens is 340 g/mol. The highest BCUT2D eigenvalue weighted by molar-refractivity contribution is 5.97. The van der Waals surface area contributed by atoms with Crippen LogP contribution in [-0.2, 0) is 9.53 Å². The van der Waals surface area contributed by atoms with Gasteiger partial charge >= 0.3 is 5.97 Å². The summed E-state index contributed by atoms with van der Waals surface area (Å²) in [4.78, 5) is 23.4. The lowest BCUT2D eigenvalue weighted by Gasteiger charge is -2.15. The minimum Gasteiger partial charge on any atom is -0.507 e. The first-order chi connectivity index (χ1) is 12.2. The van der Waals surface area contributed by atoms with Gasteiger partial charge in [-0.2, -0.15) is 0 Å². The molecule has 7 nitrogen and oxygen atoms in total. The fraction of sp³-hybridized carbons (Fsp3) is 0.474. The molecule has 3 N–H and O–H groups in total. The Balaban J connectivity index is 3.11. The number of benzene rings is 1. The van der Waals surface area contributed by atoms with Crippen molar-refractivity contribution in [1.82, 2.24) is 0 Å². The molecule has 0 saturated heterocycles. The molecule has 0 aliphatic rings. The number of aliphatic hydroxyl groups is 2. The van der Waals surface area contributed by atoms with Gasteiger partial charge in [-0.25, -0.2) is 4.79 Å². The van der Waals surface area contributed by atoms with E-state index in [9.17, 15) is 24.9 Å². The zero-order valence-electron chi connectivity index (χ0n) is 15.4. The third kappa shape index (κ3) is 5.86. The smallest absolute Gasteiger partial charge is 0.342 e. The summed E-state index contributed by atoms with van der Waals surface area (Å²) in [6.45, 7) is 4.79. The Morgan fingerprint density at radius 3 is 2.46 bits per heavy atom. The van der Waals surface area contributed by atoms with Crippen LogP contribution in [0.4, 0.5) is 0 Å². The van der Waals surface area contributed by atoms with Crippen molar-refractivity contribution in [2.45, 2.75) is 51.9 Å². The summed E-state index contributed by atoms with van der Waals surface area (Å²) in [5.74, 6) is -1.17. The fourth-order valence-electron chi connectivity index (χ4n) is 2.15. The lowest BCUT2D eigenvalue weighted by Crippen LogP contribution is -2.31. The van der Waals surface area contributed by atoms with E-state index in [4.69, 9.17) is 9.47 Å². The molecule has 0 aromatic heterocycles. The van der Waals surface area contributed by atoms with Crippen molar-refractivity contribution in [2.75, 3.05) is 7.11 Å². The Labute approximate surface area is 152 Å². The molecular formula is C19H26O7. The molecule has 1 aromatic rings. The molecule has 0 unspecified atom stereocenters. The first kappa shape index (κ1) is 21.7. The predicted octanol–water partition coefficient (Wildman–Crippen LogP) is 2.07. The molecule has 0 fully saturated rings. The molecule has 0 aliphatic carbocycles. The van der Waals surface area contributed by atoms with Crippen LogP contribution in [-0.4, -0.2) is 52.5 Å². The SMILES string of the molecule is CC[C@H](C)OC(=O)c1c(O)cc(OC)cc1/C=C/C[C@H](O)[C@H](O)C(C)=O. The van der Waals surface area contributed by atoms with Gasteiger partial charge in [0.25, 0.3) is 0 Å². The summed E-state index contributed by atoms with van der Waals surface area (Å²) in [6.07, 6.45) is 0.540. The number of hydrogen-bond acceptors (Lipinski definition) is 7. The van der Waals surface area contributed by atoms with Crippen LogP contribution in [0, 0.1) is 0 Å². The average Bonchev–Trinajstić information content (AvgIpc) is 2.59. The molecule has 144 valence electrons. The van der Waals surface area contributed by atoms with Crippen LogP contribution >= 0.6 is 0 Å². The molecule has 0 radical (unpaired) electrons. The van der Waals surface area contributed by atoms with Gasteiger partial charge in [0.15, 0.2) is 5.78 Å². The van der Waals surface area contributed by atoms with Crippen LogP contribution in [0.15, 0.2) is 18.2 Å². The van der Waals surface area contributed by atoms with Gasteiger partial charge in [0.2, 0.25) is 0 Å². The fourth-order valence-corrected chi connectivity index (χ4v) is 2.15. The molecule has 0 aliphatic heterocycles. The Kier molecular flexibility index (Phi) is 8.28. The van der Waals surface area contributed by atoms with Crippen molar-refractivity contribution in [1.29, 1.82) is 0 Å². The van der Waals surface area contributed by atoms with Crippen molar-refractivity contribution in [2.24, 2.45) is 0 Å². The van der Waals surface area contributed by atoms with Gasteiger partial charge in [0, 0.05) is 6.07 Å². The number of hydrogen-bond donors (Lipinski definition) is 3. The summed E-state index contributed by atoms with van der Waals surface area (Å²) in [7, 11) is 1.42. The van der Waals surface area contributed by atoms with Gasteiger partial charge in [0.1, 0.15) is 23.2 Å². The van der Waals surface area contributed by atoms with Gasteiger partial charge in [0.05, 0.1) is 19.3 Å². The molecule has 0 saturated carbocycles. The van der Waals surface area contributed by atoms with E-state index in [0.29, 0.717) is 17.7 Å². The maximum atomic E-state index is 12.4. The van der Waals surface area contributed by atoms with E-state index in [1.165, 1.54) is 38.3 Å². The third-order valence-corrected chi connectivity index (χ3v) is 3.90. The summed E-state index contributed by atoms with van der Waals surface area (Å²) < 4.78 is 10.4. The zero-order chi connectivity index (χ0) is 19.9. The first-order valence-electron chi connectivity index (χ1n) is 8.36. The Morgan fingerprint density at radius 2 is 1.92 bits per heavy atom. The molecule has 3 atom stereocenters. The monoisotopic (exact) mass is 366 g/mol. The van der Waals surface area contributed by atoms with E-state index in [2.05, 4.69) is 0 Å². The van der Waals surface area contributed by atoms with E-state index in [0.717, 1.165) is 0 Å². The maximum Gasteiger partial charge on any atom is 0.342 e. The highest BCUT2D eigenvalue weighted by Crippen LogP contribution is 2.30. The minimum absolute atomic E-state index is 0.0153. The van der Waals surface area contributed by atoms with Crippen molar-refractivity contribution in [3.63, 3.8) is 0 Å². The van der Waals surface area contributed by atoms with Gasteiger partial charge in [-0.05, 0) is 38.3 Å². The molecule has 0 spiro atoms. The standard InChI is InChI=1S/C19H26O7/c1-5-11(2)26-19(24)17-13(9-14(25-4)10-16(17)22)7-6-8-15(21)18(23)12(3)20/h6-7,9-11,15,18,21-23H,5,8H2,1-4H3/b7-6+/t11-,15-,18+/m0/s1. The molecule has 0 bridgehead atoms. The Hall–Kier alpha value is -2.38. The topological polar surface area (TPSA) is 113 Å². The molecule has 26 heavy (non-hydrogen) atoms. The zero-order valence-corrected chi connectivity index (χ0v) is 15.4. The number of methoxy groups -OCH3 is 1. The summed E-state index contributed by atoms with van der Waals surface area (Å²) in [5, 5.41) is 29.5. The van der Waals surface area contributed by atoms with Crippen LogP contribution in [0.3, 0.4) is 0 Å². The van der Waals surface area contributed by atoms with Crippen molar-refractivity contribution in [3.8, 4) is 11.5 Å². The highest BCUT2D eigenvalue weighted by Gasteiger charge is 2.21.